The summed E-state index contributed by atoms with van der Waals surface area (Å²) in [5.74, 6) is 0. The molecule has 3 heteroatoms. The number of nitrogens with two attached hydrogens (primary N) is 1. The smallest absolute Gasteiger partial charge is 0.0591 e. The van der Waals surface area contributed by atoms with Crippen LogP contribution in [0.3, 0.4) is 0 Å². The topological polar surface area (TPSA) is 47.3 Å². The van der Waals surface area contributed by atoms with Crippen molar-refractivity contribution in [3.05, 3.63) is 0 Å². The van der Waals surface area contributed by atoms with E-state index in [0.29, 0.717) is 18.7 Å². The van der Waals surface area contributed by atoms with Gasteiger partial charge >= 0.3 is 0 Å². The van der Waals surface area contributed by atoms with E-state index in [4.69, 9.17) is 10.5 Å². The predicted octanol–water partition coefficient (Wildman–Crippen LogP) is 0.104. The average Bonchev–Trinajstić information content (AvgIpc) is 2.69. The van der Waals surface area contributed by atoms with Crippen molar-refractivity contribution in [3.8, 4) is 0 Å². The van der Waals surface area contributed by atoms with E-state index in [0.717, 1.165) is 13.2 Å². The fraction of sp³-hybridized carbons (Fsp3) is 1.00. The van der Waals surface area contributed by atoms with Crippen molar-refractivity contribution in [2.24, 2.45) is 5.73 Å². The Morgan fingerprint density at radius 2 is 2.18 bits per heavy atom. The summed E-state index contributed by atoms with van der Waals surface area (Å²) in [6.45, 7) is 5.29. The molecule has 1 aliphatic rings. The van der Waals surface area contributed by atoms with E-state index in [1.54, 1.807) is 0 Å². The highest BCUT2D eigenvalue weighted by atomic mass is 16.5. The van der Waals surface area contributed by atoms with Crippen molar-refractivity contribution in [2.45, 2.75) is 25.3 Å². The van der Waals surface area contributed by atoms with Gasteiger partial charge < -0.3 is 15.8 Å². The fourth-order valence-electron chi connectivity index (χ4n) is 0.975. The SMILES string of the molecule is CC1(NCCOCCN)CC1. The number of hydrogen-bond acceptors (Lipinski definition) is 3. The zero-order valence-electron chi connectivity index (χ0n) is 7.23. The molecule has 1 rings (SSSR count). The zero-order chi connectivity index (χ0) is 8.16. The van der Waals surface area contributed by atoms with Crippen molar-refractivity contribution < 1.29 is 4.74 Å². The molecule has 0 saturated heterocycles. The maximum absolute atomic E-state index is 5.26. The quantitative estimate of drug-likeness (QED) is 0.539. The molecule has 66 valence electrons. The molecular formula is C8H18N2O. The van der Waals surface area contributed by atoms with Crippen LogP contribution in [0.15, 0.2) is 0 Å². The largest absolute Gasteiger partial charge is 0.379 e. The van der Waals surface area contributed by atoms with Gasteiger partial charge in [0.1, 0.15) is 0 Å². The lowest BCUT2D eigenvalue weighted by atomic mass is 10.3. The van der Waals surface area contributed by atoms with Crippen LogP contribution in [0.4, 0.5) is 0 Å². The molecule has 1 fully saturated rings. The highest BCUT2D eigenvalue weighted by Gasteiger charge is 2.35. The van der Waals surface area contributed by atoms with Gasteiger partial charge in [0.05, 0.1) is 13.2 Å². The maximum Gasteiger partial charge on any atom is 0.0591 e. The Bertz CT molecular complexity index is 113. The molecule has 0 heterocycles. The summed E-state index contributed by atoms with van der Waals surface area (Å²) >= 11 is 0. The van der Waals surface area contributed by atoms with Gasteiger partial charge in [-0.15, -0.1) is 0 Å². The molecule has 0 atom stereocenters. The number of hydrogen-bond donors (Lipinski definition) is 2. The third-order valence-corrected chi connectivity index (χ3v) is 2.06. The van der Waals surface area contributed by atoms with Crippen LogP contribution in [0.2, 0.25) is 0 Å². The molecule has 1 saturated carbocycles. The van der Waals surface area contributed by atoms with E-state index < -0.39 is 0 Å². The van der Waals surface area contributed by atoms with Gasteiger partial charge in [-0.3, -0.25) is 0 Å². The van der Waals surface area contributed by atoms with Gasteiger partial charge in [0.25, 0.3) is 0 Å². The lowest BCUT2D eigenvalue weighted by Gasteiger charge is -2.10. The molecule has 0 unspecified atom stereocenters. The summed E-state index contributed by atoms with van der Waals surface area (Å²) < 4.78 is 5.22. The Labute approximate surface area is 68.3 Å². The molecule has 11 heavy (non-hydrogen) atoms. The third-order valence-electron chi connectivity index (χ3n) is 2.06. The second-order valence-electron chi connectivity index (χ2n) is 3.39. The standard InChI is InChI=1S/C8H18N2O/c1-8(2-3-8)10-5-7-11-6-4-9/h10H,2-7,9H2,1H3. The van der Waals surface area contributed by atoms with E-state index >= 15 is 0 Å². The van der Waals surface area contributed by atoms with Crippen LogP contribution in [-0.4, -0.2) is 31.8 Å². The lowest BCUT2D eigenvalue weighted by Crippen LogP contribution is -2.31. The van der Waals surface area contributed by atoms with Crippen molar-refractivity contribution in [1.29, 1.82) is 0 Å². The minimum atomic E-state index is 0.437. The molecule has 0 spiro atoms. The van der Waals surface area contributed by atoms with Crippen LogP contribution in [0.25, 0.3) is 0 Å². The highest BCUT2D eigenvalue weighted by Crippen LogP contribution is 2.33. The number of ether oxygens (including phenoxy) is 1. The summed E-state index contributed by atoms with van der Waals surface area (Å²) in [5.41, 5.74) is 5.70. The molecule has 0 aromatic carbocycles. The molecule has 0 aliphatic heterocycles. The van der Waals surface area contributed by atoms with Crippen LogP contribution in [0.1, 0.15) is 19.8 Å². The summed E-state index contributed by atoms with van der Waals surface area (Å²) in [5, 5.41) is 3.43. The molecule has 3 nitrogen and oxygen atoms in total. The Hall–Kier alpha value is -0.120. The first-order valence-corrected chi connectivity index (χ1v) is 4.30. The minimum absolute atomic E-state index is 0.437. The molecule has 0 amide bonds. The summed E-state index contributed by atoms with van der Waals surface area (Å²) in [6.07, 6.45) is 2.62. The number of rotatable bonds is 6. The highest BCUT2D eigenvalue weighted by molar-refractivity contribution is 4.97. The Morgan fingerprint density at radius 3 is 2.73 bits per heavy atom. The molecule has 1 aliphatic carbocycles. The molecular weight excluding hydrogens is 140 g/mol. The first kappa shape index (κ1) is 8.97. The second kappa shape index (κ2) is 4.04. The van der Waals surface area contributed by atoms with Crippen molar-refractivity contribution in [2.75, 3.05) is 26.3 Å². The predicted molar refractivity (Wildman–Crippen MR) is 45.5 cm³/mol. The Morgan fingerprint density at radius 1 is 1.45 bits per heavy atom. The monoisotopic (exact) mass is 158 g/mol. The minimum Gasteiger partial charge on any atom is -0.379 e. The van der Waals surface area contributed by atoms with Crippen LogP contribution >= 0.6 is 0 Å². The van der Waals surface area contributed by atoms with Gasteiger partial charge in [-0.1, -0.05) is 0 Å². The second-order valence-corrected chi connectivity index (χ2v) is 3.39. The van der Waals surface area contributed by atoms with Gasteiger partial charge in [0.2, 0.25) is 0 Å². The van der Waals surface area contributed by atoms with Crippen molar-refractivity contribution >= 4 is 0 Å². The van der Waals surface area contributed by atoms with Crippen LogP contribution in [0.5, 0.6) is 0 Å². The van der Waals surface area contributed by atoms with E-state index in [-0.39, 0.29) is 0 Å². The average molecular weight is 158 g/mol. The van der Waals surface area contributed by atoms with Gasteiger partial charge in [0, 0.05) is 18.6 Å². The summed E-state index contributed by atoms with van der Waals surface area (Å²) in [7, 11) is 0. The number of nitrogens with one attached hydrogen (secondary N) is 1. The Balaban J connectivity index is 1.81. The van der Waals surface area contributed by atoms with Gasteiger partial charge in [-0.25, -0.2) is 0 Å². The molecule has 0 aromatic heterocycles. The summed E-state index contributed by atoms with van der Waals surface area (Å²) in [6, 6.07) is 0. The molecule has 3 N–H and O–H groups in total. The zero-order valence-corrected chi connectivity index (χ0v) is 7.23. The van der Waals surface area contributed by atoms with Crippen LogP contribution < -0.4 is 11.1 Å². The third kappa shape index (κ3) is 3.70. The van der Waals surface area contributed by atoms with E-state index in [2.05, 4.69) is 12.2 Å². The summed E-state index contributed by atoms with van der Waals surface area (Å²) in [4.78, 5) is 0. The fourth-order valence-corrected chi connectivity index (χ4v) is 0.975. The normalized spacial score (nSPS) is 20.2. The van der Waals surface area contributed by atoms with Crippen LogP contribution in [-0.2, 0) is 4.74 Å². The first-order valence-electron chi connectivity index (χ1n) is 4.30. The Kier molecular flexibility index (Phi) is 3.30. The first-order chi connectivity index (χ1) is 5.27. The van der Waals surface area contributed by atoms with Crippen molar-refractivity contribution in [3.63, 3.8) is 0 Å². The van der Waals surface area contributed by atoms with E-state index in [1.165, 1.54) is 12.8 Å². The lowest BCUT2D eigenvalue weighted by molar-refractivity contribution is 0.140. The van der Waals surface area contributed by atoms with Crippen LogP contribution in [0, 0.1) is 0 Å². The van der Waals surface area contributed by atoms with E-state index in [9.17, 15) is 0 Å². The molecule has 0 bridgehead atoms. The molecule has 0 aromatic rings. The van der Waals surface area contributed by atoms with Gasteiger partial charge in [0.15, 0.2) is 0 Å². The van der Waals surface area contributed by atoms with Gasteiger partial charge in [-0.05, 0) is 19.8 Å². The van der Waals surface area contributed by atoms with Gasteiger partial charge in [-0.2, -0.15) is 0 Å². The maximum atomic E-state index is 5.26. The van der Waals surface area contributed by atoms with Crippen molar-refractivity contribution in [1.82, 2.24) is 5.32 Å². The molecule has 0 radical (unpaired) electrons. The van der Waals surface area contributed by atoms with E-state index in [1.807, 2.05) is 0 Å².